The molecule has 0 aromatic rings. The molecule has 0 aromatic carbocycles. The SMILES string of the molecule is CC/C=C\C/C=C\C/C=C\CCCCC(=O)OCC(COC(=O)CCCCCC/C=C\CCCC)OC(=O)CCCCCCCCCCCCCC. The Morgan fingerprint density at radius 3 is 1.29 bits per heavy atom. The van der Waals surface area contributed by atoms with E-state index in [2.05, 4.69) is 69.4 Å². The fourth-order valence-electron chi connectivity index (χ4n) is 5.79. The monoisotopic (exact) mass is 729 g/mol. The van der Waals surface area contributed by atoms with Gasteiger partial charge in [-0.1, -0.05) is 166 Å². The van der Waals surface area contributed by atoms with Crippen LogP contribution in [0.2, 0.25) is 0 Å². The van der Waals surface area contributed by atoms with Crippen LogP contribution in [0.3, 0.4) is 0 Å². The molecule has 300 valence electrons. The second kappa shape index (κ2) is 41.1. The van der Waals surface area contributed by atoms with Crippen molar-refractivity contribution >= 4 is 17.9 Å². The molecule has 0 saturated heterocycles. The average Bonchev–Trinajstić information content (AvgIpc) is 3.14. The standard InChI is InChI=1S/C46H80O6/c1-4-7-10-13-16-19-22-24-27-30-33-36-39-45(48)51-42-43(41-50-44(47)38-35-32-29-26-21-18-15-12-9-6-3)52-46(49)40-37-34-31-28-25-23-20-17-14-11-8-5-2/h7,10,15-16,18-19,24,27,43H,4-6,8-9,11-14,17,20-23,25-26,28-42H2,1-3H3/b10-7-,18-15-,19-16-,27-24-. The molecule has 0 aromatic heterocycles. The summed E-state index contributed by atoms with van der Waals surface area (Å²) in [4.78, 5) is 37.6. The molecular weight excluding hydrogens is 648 g/mol. The Morgan fingerprint density at radius 2 is 0.769 bits per heavy atom. The molecule has 1 unspecified atom stereocenters. The molecular formula is C46H80O6. The van der Waals surface area contributed by atoms with Crippen molar-refractivity contribution in [3.8, 4) is 0 Å². The lowest BCUT2D eigenvalue weighted by Crippen LogP contribution is -2.30. The molecule has 6 heteroatoms. The zero-order valence-electron chi connectivity index (χ0n) is 34.1. The third-order valence-corrected chi connectivity index (χ3v) is 9.07. The number of carbonyl (C=O) groups excluding carboxylic acids is 3. The maximum Gasteiger partial charge on any atom is 0.306 e. The minimum absolute atomic E-state index is 0.0903. The Balaban J connectivity index is 4.44. The van der Waals surface area contributed by atoms with Crippen LogP contribution in [0.25, 0.3) is 0 Å². The van der Waals surface area contributed by atoms with E-state index in [-0.39, 0.29) is 31.1 Å². The highest BCUT2D eigenvalue weighted by molar-refractivity contribution is 5.71. The summed E-state index contributed by atoms with van der Waals surface area (Å²) < 4.78 is 16.6. The van der Waals surface area contributed by atoms with Crippen LogP contribution in [0.15, 0.2) is 48.6 Å². The molecule has 0 bridgehead atoms. The second-order valence-electron chi connectivity index (χ2n) is 14.2. The van der Waals surface area contributed by atoms with Crippen molar-refractivity contribution in [2.45, 2.75) is 213 Å². The van der Waals surface area contributed by atoms with Crippen molar-refractivity contribution in [2.75, 3.05) is 13.2 Å². The van der Waals surface area contributed by atoms with Gasteiger partial charge < -0.3 is 14.2 Å². The molecule has 0 spiro atoms. The van der Waals surface area contributed by atoms with Crippen molar-refractivity contribution in [3.05, 3.63) is 48.6 Å². The Morgan fingerprint density at radius 1 is 0.404 bits per heavy atom. The van der Waals surface area contributed by atoms with Crippen LogP contribution in [-0.2, 0) is 28.6 Å². The van der Waals surface area contributed by atoms with E-state index in [4.69, 9.17) is 14.2 Å². The van der Waals surface area contributed by atoms with Crippen LogP contribution >= 0.6 is 0 Å². The number of rotatable bonds is 38. The van der Waals surface area contributed by atoms with Crippen LogP contribution in [0.1, 0.15) is 207 Å². The van der Waals surface area contributed by atoms with Crippen LogP contribution in [0, 0.1) is 0 Å². The quantitative estimate of drug-likeness (QED) is 0.0272. The molecule has 0 aliphatic carbocycles. The Bertz CT molecular complexity index is 933. The number of unbranched alkanes of at least 4 members (excludes halogenated alkanes) is 19. The molecule has 0 N–H and O–H groups in total. The molecule has 0 amide bonds. The number of allylic oxidation sites excluding steroid dienone is 8. The van der Waals surface area contributed by atoms with E-state index in [0.29, 0.717) is 19.3 Å². The first-order valence-corrected chi connectivity index (χ1v) is 21.6. The van der Waals surface area contributed by atoms with Gasteiger partial charge in [-0.15, -0.1) is 0 Å². The van der Waals surface area contributed by atoms with Gasteiger partial charge in [0.2, 0.25) is 0 Å². The Hall–Kier alpha value is -2.63. The van der Waals surface area contributed by atoms with Crippen LogP contribution in [-0.4, -0.2) is 37.2 Å². The number of hydrogen-bond acceptors (Lipinski definition) is 6. The normalized spacial score (nSPS) is 12.4. The summed E-state index contributed by atoms with van der Waals surface area (Å²) in [5.74, 6) is -0.947. The first-order chi connectivity index (χ1) is 25.5. The molecule has 52 heavy (non-hydrogen) atoms. The maximum atomic E-state index is 12.7. The number of hydrogen-bond donors (Lipinski definition) is 0. The van der Waals surface area contributed by atoms with E-state index in [1.165, 1.54) is 70.6 Å². The van der Waals surface area contributed by atoms with Crippen LogP contribution in [0.4, 0.5) is 0 Å². The first-order valence-electron chi connectivity index (χ1n) is 21.6. The first kappa shape index (κ1) is 49.4. The van der Waals surface area contributed by atoms with Gasteiger partial charge in [-0.2, -0.15) is 0 Å². The Kier molecular flexibility index (Phi) is 39.1. The number of carbonyl (C=O) groups is 3. The Labute approximate surface area is 320 Å². The van der Waals surface area contributed by atoms with E-state index in [9.17, 15) is 14.4 Å². The average molecular weight is 729 g/mol. The van der Waals surface area contributed by atoms with Gasteiger partial charge in [-0.3, -0.25) is 14.4 Å². The lowest BCUT2D eigenvalue weighted by molar-refractivity contribution is -0.167. The molecule has 0 aliphatic heterocycles. The smallest absolute Gasteiger partial charge is 0.306 e. The zero-order chi connectivity index (χ0) is 38.0. The number of ether oxygens (including phenoxy) is 3. The number of esters is 3. The third-order valence-electron chi connectivity index (χ3n) is 9.07. The largest absolute Gasteiger partial charge is 0.462 e. The van der Waals surface area contributed by atoms with Gasteiger partial charge >= 0.3 is 17.9 Å². The van der Waals surface area contributed by atoms with Gasteiger partial charge in [0.1, 0.15) is 13.2 Å². The van der Waals surface area contributed by atoms with Crippen LogP contribution < -0.4 is 0 Å². The lowest BCUT2D eigenvalue weighted by Gasteiger charge is -2.18. The van der Waals surface area contributed by atoms with E-state index in [1.807, 2.05) is 0 Å². The van der Waals surface area contributed by atoms with Crippen LogP contribution in [0.5, 0.6) is 0 Å². The fourth-order valence-corrected chi connectivity index (χ4v) is 5.79. The molecule has 6 nitrogen and oxygen atoms in total. The molecule has 0 aliphatic rings. The summed E-state index contributed by atoms with van der Waals surface area (Å²) in [5, 5.41) is 0. The van der Waals surface area contributed by atoms with Gasteiger partial charge in [0.05, 0.1) is 0 Å². The zero-order valence-corrected chi connectivity index (χ0v) is 34.1. The minimum Gasteiger partial charge on any atom is -0.462 e. The summed E-state index contributed by atoms with van der Waals surface area (Å²) >= 11 is 0. The second-order valence-corrected chi connectivity index (χ2v) is 14.2. The van der Waals surface area contributed by atoms with Gasteiger partial charge in [0, 0.05) is 19.3 Å². The van der Waals surface area contributed by atoms with E-state index in [1.54, 1.807) is 0 Å². The van der Waals surface area contributed by atoms with Gasteiger partial charge in [-0.05, 0) is 70.6 Å². The molecule has 0 saturated carbocycles. The summed E-state index contributed by atoms with van der Waals surface area (Å²) in [5.41, 5.74) is 0. The van der Waals surface area contributed by atoms with Crippen molar-refractivity contribution < 1.29 is 28.6 Å². The summed E-state index contributed by atoms with van der Waals surface area (Å²) in [7, 11) is 0. The van der Waals surface area contributed by atoms with Crippen molar-refractivity contribution in [3.63, 3.8) is 0 Å². The van der Waals surface area contributed by atoms with Crippen molar-refractivity contribution in [1.82, 2.24) is 0 Å². The third kappa shape index (κ3) is 38.6. The fraction of sp³-hybridized carbons (Fsp3) is 0.761. The minimum atomic E-state index is -0.786. The van der Waals surface area contributed by atoms with Crippen molar-refractivity contribution in [2.24, 2.45) is 0 Å². The highest BCUT2D eigenvalue weighted by Crippen LogP contribution is 2.14. The summed E-state index contributed by atoms with van der Waals surface area (Å²) in [6.07, 6.45) is 46.7. The predicted molar refractivity (Wildman–Crippen MR) is 219 cm³/mol. The maximum absolute atomic E-state index is 12.7. The van der Waals surface area contributed by atoms with Gasteiger partial charge in [0.25, 0.3) is 0 Å². The highest BCUT2D eigenvalue weighted by Gasteiger charge is 2.19. The lowest BCUT2D eigenvalue weighted by atomic mass is 10.0. The molecule has 0 radical (unpaired) electrons. The predicted octanol–water partition coefficient (Wildman–Crippen LogP) is 13.6. The molecule has 0 heterocycles. The summed E-state index contributed by atoms with van der Waals surface area (Å²) in [6.45, 7) is 6.41. The van der Waals surface area contributed by atoms with E-state index < -0.39 is 6.10 Å². The molecule has 0 rings (SSSR count). The van der Waals surface area contributed by atoms with Gasteiger partial charge in [-0.25, -0.2) is 0 Å². The summed E-state index contributed by atoms with van der Waals surface area (Å²) in [6, 6.07) is 0. The molecule has 1 atom stereocenters. The van der Waals surface area contributed by atoms with E-state index >= 15 is 0 Å². The molecule has 0 fully saturated rings. The van der Waals surface area contributed by atoms with E-state index in [0.717, 1.165) is 96.3 Å². The topological polar surface area (TPSA) is 78.9 Å². The van der Waals surface area contributed by atoms with Crippen molar-refractivity contribution in [1.29, 1.82) is 0 Å². The van der Waals surface area contributed by atoms with Gasteiger partial charge in [0.15, 0.2) is 6.10 Å². The highest BCUT2D eigenvalue weighted by atomic mass is 16.6.